The second kappa shape index (κ2) is 10.2. The lowest BCUT2D eigenvalue weighted by atomic mass is 10.0. The molecule has 0 radical (unpaired) electrons. The van der Waals surface area contributed by atoms with E-state index in [1.54, 1.807) is 30.3 Å². The molecule has 0 spiro atoms. The van der Waals surface area contributed by atoms with Crippen molar-refractivity contribution < 1.29 is 14.3 Å². The number of benzene rings is 2. The van der Waals surface area contributed by atoms with Gasteiger partial charge in [0.2, 0.25) is 5.56 Å². The Balaban J connectivity index is 1.56. The lowest BCUT2D eigenvalue weighted by Gasteiger charge is -2.19. The largest absolute Gasteiger partial charge is 0.462 e. The molecule has 0 aliphatic rings. The fourth-order valence-corrected chi connectivity index (χ4v) is 3.70. The van der Waals surface area contributed by atoms with Gasteiger partial charge < -0.3 is 19.6 Å². The number of ether oxygens (including phenoxy) is 1. The summed E-state index contributed by atoms with van der Waals surface area (Å²) in [7, 11) is 0. The number of amides is 1. The van der Waals surface area contributed by atoms with Gasteiger partial charge in [0, 0.05) is 46.4 Å². The van der Waals surface area contributed by atoms with Crippen LogP contribution in [0.5, 0.6) is 0 Å². The quantitative estimate of drug-likeness (QED) is 0.391. The van der Waals surface area contributed by atoms with E-state index < -0.39 is 17.9 Å². The molecule has 0 aliphatic heterocycles. The zero-order valence-electron chi connectivity index (χ0n) is 17.7. The van der Waals surface area contributed by atoms with E-state index in [1.165, 1.54) is 6.07 Å². The lowest BCUT2D eigenvalue weighted by molar-refractivity contribution is -0.146. The Bertz CT molecular complexity index is 1310. The molecule has 2 N–H and O–H groups in total. The normalized spacial score (nSPS) is 11.8. The summed E-state index contributed by atoms with van der Waals surface area (Å²) in [4.78, 5) is 40.7. The minimum absolute atomic E-state index is 0.103. The number of aromatic nitrogens is 2. The number of halogens is 1. The summed E-state index contributed by atoms with van der Waals surface area (Å²) in [6.07, 6.45) is 3.85. The Morgan fingerprint density at radius 2 is 1.76 bits per heavy atom. The number of esters is 1. The van der Waals surface area contributed by atoms with Gasteiger partial charge in [-0.15, -0.1) is 0 Å². The number of fused-ring (bicyclic) bond motifs is 1. The topological polar surface area (TPSA) is 93.2 Å². The van der Waals surface area contributed by atoms with Gasteiger partial charge in [-0.05, 0) is 48.0 Å². The number of pyridine rings is 1. The van der Waals surface area contributed by atoms with E-state index in [9.17, 15) is 14.4 Å². The molecule has 0 saturated carbocycles. The molecule has 2 heterocycles. The van der Waals surface area contributed by atoms with Crippen molar-refractivity contribution >= 4 is 34.4 Å². The third-order valence-corrected chi connectivity index (χ3v) is 5.47. The van der Waals surface area contributed by atoms with Crippen LogP contribution >= 0.6 is 11.6 Å². The molecular weight excluding hydrogens is 442 g/mol. The summed E-state index contributed by atoms with van der Waals surface area (Å²) >= 11 is 5.91. The highest BCUT2D eigenvalue weighted by Crippen LogP contribution is 2.17. The van der Waals surface area contributed by atoms with Crippen LogP contribution in [-0.2, 0) is 22.5 Å². The molecule has 1 atom stereocenters. The van der Waals surface area contributed by atoms with Crippen LogP contribution in [0.25, 0.3) is 10.9 Å². The number of H-pyrrole nitrogens is 1. The molecule has 0 aliphatic carbocycles. The summed E-state index contributed by atoms with van der Waals surface area (Å²) in [5.41, 5.74) is 1.37. The van der Waals surface area contributed by atoms with Gasteiger partial charge in [-0.25, -0.2) is 4.79 Å². The first-order chi connectivity index (χ1) is 16.0. The van der Waals surface area contributed by atoms with Gasteiger partial charge in [-0.3, -0.25) is 9.59 Å². The van der Waals surface area contributed by atoms with Crippen LogP contribution in [0, 0.1) is 0 Å². The van der Waals surface area contributed by atoms with Gasteiger partial charge in [-0.2, -0.15) is 0 Å². The third-order valence-electron chi connectivity index (χ3n) is 5.22. The number of carbonyl (C=O) groups excluding carboxylic acids is 2. The third kappa shape index (κ3) is 5.70. The number of nitrogens with one attached hydrogen (secondary N) is 2. The molecule has 33 heavy (non-hydrogen) atoms. The zero-order valence-corrected chi connectivity index (χ0v) is 18.4. The van der Waals surface area contributed by atoms with Gasteiger partial charge in [0.15, 0.2) is 0 Å². The average molecular weight is 464 g/mol. The molecular formula is C25H22ClN3O4. The van der Waals surface area contributed by atoms with Crippen molar-refractivity contribution in [1.82, 2.24) is 14.9 Å². The second-order valence-electron chi connectivity index (χ2n) is 7.53. The Morgan fingerprint density at radius 3 is 2.52 bits per heavy atom. The highest BCUT2D eigenvalue weighted by Gasteiger charge is 2.24. The highest BCUT2D eigenvalue weighted by molar-refractivity contribution is 6.30. The van der Waals surface area contributed by atoms with Crippen LogP contribution in [-0.4, -0.2) is 34.1 Å². The van der Waals surface area contributed by atoms with Crippen LogP contribution in [0.1, 0.15) is 15.9 Å². The predicted octanol–water partition coefficient (Wildman–Crippen LogP) is 3.57. The SMILES string of the molecule is O=C(NC(Cc1cc(=O)[nH]c2ccccc12)C(=O)OCCn1cccc1)c1ccc(Cl)cc1. The van der Waals surface area contributed by atoms with Crippen molar-refractivity contribution in [2.45, 2.75) is 19.0 Å². The maximum Gasteiger partial charge on any atom is 0.329 e. The van der Waals surface area contributed by atoms with Crippen LogP contribution in [0.2, 0.25) is 5.02 Å². The number of nitrogens with zero attached hydrogens (tertiary/aromatic N) is 1. The summed E-state index contributed by atoms with van der Waals surface area (Å²) in [5.74, 6) is -1.01. The van der Waals surface area contributed by atoms with Crippen molar-refractivity contribution in [2.75, 3.05) is 6.61 Å². The Morgan fingerprint density at radius 1 is 1.03 bits per heavy atom. The number of para-hydroxylation sites is 1. The zero-order chi connectivity index (χ0) is 23.2. The lowest BCUT2D eigenvalue weighted by Crippen LogP contribution is -2.43. The molecule has 2 aromatic carbocycles. The minimum atomic E-state index is -0.983. The molecule has 0 fully saturated rings. The first kappa shape index (κ1) is 22.4. The number of hydrogen-bond acceptors (Lipinski definition) is 4. The smallest absolute Gasteiger partial charge is 0.329 e. The van der Waals surface area contributed by atoms with Crippen molar-refractivity contribution in [1.29, 1.82) is 0 Å². The molecule has 0 bridgehead atoms. The van der Waals surface area contributed by atoms with Crippen LogP contribution in [0.15, 0.2) is 83.9 Å². The van der Waals surface area contributed by atoms with Crippen LogP contribution < -0.4 is 10.9 Å². The first-order valence-electron chi connectivity index (χ1n) is 10.4. The van der Waals surface area contributed by atoms with E-state index in [4.69, 9.17) is 16.3 Å². The van der Waals surface area contributed by atoms with E-state index >= 15 is 0 Å². The van der Waals surface area contributed by atoms with E-state index in [0.717, 1.165) is 5.39 Å². The van der Waals surface area contributed by atoms with E-state index in [-0.39, 0.29) is 18.6 Å². The molecule has 8 heteroatoms. The van der Waals surface area contributed by atoms with Gasteiger partial charge in [-0.1, -0.05) is 29.8 Å². The van der Waals surface area contributed by atoms with Crippen LogP contribution in [0.3, 0.4) is 0 Å². The average Bonchev–Trinajstić information content (AvgIpc) is 3.32. The van der Waals surface area contributed by atoms with Gasteiger partial charge in [0.1, 0.15) is 12.6 Å². The van der Waals surface area contributed by atoms with Gasteiger partial charge in [0.25, 0.3) is 5.91 Å². The minimum Gasteiger partial charge on any atom is -0.462 e. The van der Waals surface area contributed by atoms with Gasteiger partial charge in [0.05, 0.1) is 6.54 Å². The maximum atomic E-state index is 13.0. The number of hydrogen-bond donors (Lipinski definition) is 2. The Hall–Kier alpha value is -3.84. The van der Waals surface area contributed by atoms with Gasteiger partial charge >= 0.3 is 5.97 Å². The van der Waals surface area contributed by atoms with Crippen molar-refractivity contribution in [3.63, 3.8) is 0 Å². The monoisotopic (exact) mass is 463 g/mol. The number of rotatable bonds is 8. The van der Waals surface area contributed by atoms with E-state index in [1.807, 2.05) is 47.3 Å². The molecule has 1 unspecified atom stereocenters. The molecule has 4 aromatic rings. The van der Waals surface area contributed by atoms with Crippen molar-refractivity contribution in [3.05, 3.63) is 106 Å². The maximum absolute atomic E-state index is 13.0. The van der Waals surface area contributed by atoms with E-state index in [0.29, 0.717) is 28.2 Å². The fraction of sp³-hybridized carbons (Fsp3) is 0.160. The van der Waals surface area contributed by atoms with Crippen molar-refractivity contribution in [3.8, 4) is 0 Å². The summed E-state index contributed by atoms with van der Waals surface area (Å²) in [6.45, 7) is 0.640. The molecule has 168 valence electrons. The molecule has 1 amide bonds. The highest BCUT2D eigenvalue weighted by atomic mass is 35.5. The fourth-order valence-electron chi connectivity index (χ4n) is 3.57. The van der Waals surface area contributed by atoms with E-state index in [2.05, 4.69) is 10.3 Å². The summed E-state index contributed by atoms with van der Waals surface area (Å²) < 4.78 is 7.35. The van der Waals surface area contributed by atoms with Crippen LogP contribution in [0.4, 0.5) is 0 Å². The number of carbonyl (C=O) groups is 2. The standard InChI is InChI=1S/C25H22ClN3O4/c26-19-9-7-17(8-10-19)24(31)28-22(25(32)33-14-13-29-11-3-4-12-29)15-18-16-23(30)27-21-6-2-1-5-20(18)21/h1-12,16,22H,13-15H2,(H,27,30)(H,28,31). The number of aromatic amines is 1. The molecule has 4 rings (SSSR count). The summed E-state index contributed by atoms with van der Waals surface area (Å²) in [6, 6.07) is 17.9. The second-order valence-corrected chi connectivity index (χ2v) is 7.97. The Labute approximate surface area is 195 Å². The molecule has 7 nitrogen and oxygen atoms in total. The summed E-state index contributed by atoms with van der Waals surface area (Å²) in [5, 5.41) is 4.05. The first-order valence-corrected chi connectivity index (χ1v) is 10.8. The molecule has 2 aromatic heterocycles. The predicted molar refractivity (Wildman–Crippen MR) is 126 cm³/mol. The molecule has 0 saturated heterocycles. The van der Waals surface area contributed by atoms with Crippen molar-refractivity contribution in [2.24, 2.45) is 0 Å². The Kier molecular flexibility index (Phi) is 6.90.